The Labute approximate surface area is 131 Å². The summed E-state index contributed by atoms with van der Waals surface area (Å²) < 4.78 is 11.3. The molecule has 2 aromatic carbocycles. The fourth-order valence-corrected chi connectivity index (χ4v) is 2.74. The number of para-hydroxylation sites is 3. The molecule has 1 fully saturated rings. The first kappa shape index (κ1) is 14.7. The van der Waals surface area contributed by atoms with Crippen LogP contribution in [0.1, 0.15) is 5.56 Å². The molecule has 0 aliphatic carbocycles. The van der Waals surface area contributed by atoms with Crippen LogP contribution in [-0.4, -0.2) is 33.3 Å². The molecule has 2 aromatic rings. The van der Waals surface area contributed by atoms with Gasteiger partial charge in [0.2, 0.25) is 0 Å². The molecule has 116 valence electrons. The molecule has 3 rings (SSSR count). The number of benzene rings is 2. The highest BCUT2D eigenvalue weighted by Crippen LogP contribution is 2.28. The van der Waals surface area contributed by atoms with E-state index in [1.807, 2.05) is 24.3 Å². The molecule has 0 saturated carbocycles. The predicted molar refractivity (Wildman–Crippen MR) is 88.9 cm³/mol. The SMILES string of the molecule is COc1ccccc1OCc1ccccc1N1CCNCC1. The largest absolute Gasteiger partial charge is 0.493 e. The molecule has 22 heavy (non-hydrogen) atoms. The summed E-state index contributed by atoms with van der Waals surface area (Å²) in [5, 5.41) is 3.39. The Balaban J connectivity index is 1.75. The van der Waals surface area contributed by atoms with E-state index in [0.29, 0.717) is 6.61 Å². The second-order valence-electron chi connectivity index (χ2n) is 5.31. The van der Waals surface area contributed by atoms with E-state index in [0.717, 1.165) is 37.7 Å². The summed E-state index contributed by atoms with van der Waals surface area (Å²) in [6.07, 6.45) is 0. The van der Waals surface area contributed by atoms with E-state index in [9.17, 15) is 0 Å². The lowest BCUT2D eigenvalue weighted by molar-refractivity contribution is 0.284. The third kappa shape index (κ3) is 3.34. The quantitative estimate of drug-likeness (QED) is 0.920. The van der Waals surface area contributed by atoms with Crippen molar-refractivity contribution in [3.8, 4) is 11.5 Å². The van der Waals surface area contributed by atoms with Gasteiger partial charge >= 0.3 is 0 Å². The van der Waals surface area contributed by atoms with Crippen molar-refractivity contribution in [1.29, 1.82) is 0 Å². The maximum atomic E-state index is 5.98. The van der Waals surface area contributed by atoms with Gasteiger partial charge in [-0.1, -0.05) is 30.3 Å². The molecule has 0 aromatic heterocycles. The number of ether oxygens (including phenoxy) is 2. The first-order chi connectivity index (χ1) is 10.9. The number of rotatable bonds is 5. The predicted octanol–water partition coefficient (Wildman–Crippen LogP) is 2.68. The van der Waals surface area contributed by atoms with E-state index in [1.54, 1.807) is 7.11 Å². The Morgan fingerprint density at radius 1 is 0.955 bits per heavy atom. The summed E-state index contributed by atoms with van der Waals surface area (Å²) in [5.41, 5.74) is 2.47. The van der Waals surface area contributed by atoms with Crippen molar-refractivity contribution in [2.24, 2.45) is 0 Å². The molecule has 1 aliphatic rings. The molecule has 0 bridgehead atoms. The maximum absolute atomic E-state index is 5.98. The van der Waals surface area contributed by atoms with Crippen LogP contribution in [0.5, 0.6) is 11.5 Å². The summed E-state index contributed by atoms with van der Waals surface area (Å²) in [6.45, 7) is 4.67. The molecule has 0 unspecified atom stereocenters. The van der Waals surface area contributed by atoms with Crippen LogP contribution in [0.3, 0.4) is 0 Å². The van der Waals surface area contributed by atoms with Crippen LogP contribution in [0.4, 0.5) is 5.69 Å². The molecule has 1 heterocycles. The number of piperazine rings is 1. The third-order valence-electron chi connectivity index (χ3n) is 3.90. The summed E-state index contributed by atoms with van der Waals surface area (Å²) >= 11 is 0. The van der Waals surface area contributed by atoms with Gasteiger partial charge in [0.25, 0.3) is 0 Å². The molecular formula is C18H22N2O2. The Bertz CT molecular complexity index is 610. The zero-order valence-electron chi connectivity index (χ0n) is 12.9. The molecule has 0 amide bonds. The lowest BCUT2D eigenvalue weighted by atomic mass is 10.1. The van der Waals surface area contributed by atoms with Crippen molar-refractivity contribution in [1.82, 2.24) is 5.32 Å². The van der Waals surface area contributed by atoms with Crippen LogP contribution in [0.25, 0.3) is 0 Å². The first-order valence-corrected chi connectivity index (χ1v) is 7.68. The standard InChI is InChI=1S/C18H22N2O2/c1-21-17-8-4-5-9-18(17)22-14-15-6-2-3-7-16(15)20-12-10-19-11-13-20/h2-9,19H,10-14H2,1H3. The molecule has 1 saturated heterocycles. The van der Waals surface area contributed by atoms with Crippen molar-refractivity contribution in [2.75, 3.05) is 38.2 Å². The van der Waals surface area contributed by atoms with E-state index in [4.69, 9.17) is 9.47 Å². The molecular weight excluding hydrogens is 276 g/mol. The summed E-state index contributed by atoms with van der Waals surface area (Å²) in [6, 6.07) is 16.2. The van der Waals surface area contributed by atoms with Crippen LogP contribution in [0.15, 0.2) is 48.5 Å². The number of nitrogens with one attached hydrogen (secondary N) is 1. The molecule has 1 N–H and O–H groups in total. The maximum Gasteiger partial charge on any atom is 0.161 e. The van der Waals surface area contributed by atoms with E-state index >= 15 is 0 Å². The smallest absolute Gasteiger partial charge is 0.161 e. The molecule has 0 radical (unpaired) electrons. The van der Waals surface area contributed by atoms with Crippen LogP contribution < -0.4 is 19.7 Å². The van der Waals surface area contributed by atoms with E-state index < -0.39 is 0 Å². The fourth-order valence-electron chi connectivity index (χ4n) is 2.74. The summed E-state index contributed by atoms with van der Waals surface area (Å²) in [7, 11) is 1.66. The summed E-state index contributed by atoms with van der Waals surface area (Å²) in [4.78, 5) is 2.41. The second kappa shape index (κ2) is 7.18. The van der Waals surface area contributed by atoms with Gasteiger partial charge in [0, 0.05) is 37.4 Å². The minimum absolute atomic E-state index is 0.542. The van der Waals surface area contributed by atoms with Crippen molar-refractivity contribution in [3.05, 3.63) is 54.1 Å². The normalized spacial score (nSPS) is 14.7. The minimum Gasteiger partial charge on any atom is -0.493 e. The van der Waals surface area contributed by atoms with Gasteiger partial charge in [0.1, 0.15) is 6.61 Å². The van der Waals surface area contributed by atoms with Gasteiger partial charge in [0.05, 0.1) is 7.11 Å². The topological polar surface area (TPSA) is 33.7 Å². The average molecular weight is 298 g/mol. The van der Waals surface area contributed by atoms with E-state index in [-0.39, 0.29) is 0 Å². The number of hydrogen-bond donors (Lipinski definition) is 1. The summed E-state index contributed by atoms with van der Waals surface area (Å²) in [5.74, 6) is 1.54. The Morgan fingerprint density at radius 3 is 2.41 bits per heavy atom. The Morgan fingerprint density at radius 2 is 1.64 bits per heavy atom. The van der Waals surface area contributed by atoms with Crippen LogP contribution in [0.2, 0.25) is 0 Å². The third-order valence-corrected chi connectivity index (χ3v) is 3.90. The van der Waals surface area contributed by atoms with Crippen molar-refractivity contribution < 1.29 is 9.47 Å². The lowest BCUT2D eigenvalue weighted by Gasteiger charge is -2.31. The Hall–Kier alpha value is -2.20. The van der Waals surface area contributed by atoms with Gasteiger partial charge in [-0.15, -0.1) is 0 Å². The van der Waals surface area contributed by atoms with E-state index in [1.165, 1.54) is 11.3 Å². The van der Waals surface area contributed by atoms with Crippen LogP contribution in [0, 0.1) is 0 Å². The van der Waals surface area contributed by atoms with Gasteiger partial charge in [-0.25, -0.2) is 0 Å². The van der Waals surface area contributed by atoms with E-state index in [2.05, 4.69) is 34.5 Å². The molecule has 0 spiro atoms. The highest BCUT2D eigenvalue weighted by molar-refractivity contribution is 5.54. The fraction of sp³-hybridized carbons (Fsp3) is 0.333. The minimum atomic E-state index is 0.542. The highest BCUT2D eigenvalue weighted by atomic mass is 16.5. The average Bonchev–Trinajstić information content (AvgIpc) is 2.61. The van der Waals surface area contributed by atoms with Crippen molar-refractivity contribution in [2.45, 2.75) is 6.61 Å². The molecule has 4 nitrogen and oxygen atoms in total. The zero-order chi connectivity index (χ0) is 15.2. The second-order valence-corrected chi connectivity index (χ2v) is 5.31. The number of nitrogens with zero attached hydrogens (tertiary/aromatic N) is 1. The van der Waals surface area contributed by atoms with Crippen LogP contribution in [-0.2, 0) is 6.61 Å². The lowest BCUT2D eigenvalue weighted by Crippen LogP contribution is -2.43. The van der Waals surface area contributed by atoms with Gasteiger partial charge < -0.3 is 19.7 Å². The zero-order valence-corrected chi connectivity index (χ0v) is 12.9. The first-order valence-electron chi connectivity index (χ1n) is 7.68. The van der Waals surface area contributed by atoms with Crippen LogP contribution >= 0.6 is 0 Å². The van der Waals surface area contributed by atoms with Gasteiger partial charge in [-0.3, -0.25) is 0 Å². The number of anilines is 1. The molecule has 1 aliphatic heterocycles. The Kier molecular flexibility index (Phi) is 4.81. The van der Waals surface area contributed by atoms with Gasteiger partial charge in [-0.05, 0) is 18.2 Å². The molecule has 4 heteroatoms. The van der Waals surface area contributed by atoms with Crippen molar-refractivity contribution >= 4 is 5.69 Å². The number of methoxy groups -OCH3 is 1. The van der Waals surface area contributed by atoms with Crippen molar-refractivity contribution in [3.63, 3.8) is 0 Å². The highest BCUT2D eigenvalue weighted by Gasteiger charge is 2.14. The molecule has 0 atom stereocenters. The monoisotopic (exact) mass is 298 g/mol. The van der Waals surface area contributed by atoms with Gasteiger partial charge in [-0.2, -0.15) is 0 Å². The van der Waals surface area contributed by atoms with Gasteiger partial charge in [0.15, 0.2) is 11.5 Å². The number of hydrogen-bond acceptors (Lipinski definition) is 4.